The molecule has 0 amide bonds. The summed E-state index contributed by atoms with van der Waals surface area (Å²) in [5.74, 6) is -0.882. The second-order valence-electron chi connectivity index (χ2n) is 5.31. The minimum atomic E-state index is -3.61. The Balaban J connectivity index is 1.78. The van der Waals surface area contributed by atoms with Gasteiger partial charge in [0.05, 0.1) is 5.75 Å². The van der Waals surface area contributed by atoms with E-state index in [0.29, 0.717) is 0 Å². The molecule has 0 saturated heterocycles. The van der Waals surface area contributed by atoms with Gasteiger partial charge in [0, 0.05) is 12.1 Å². The molecule has 0 radical (unpaired) electrons. The van der Waals surface area contributed by atoms with E-state index in [2.05, 4.69) is 4.72 Å². The highest BCUT2D eigenvalue weighted by molar-refractivity contribution is 7.88. The molecule has 0 atom stereocenters. The molecule has 0 saturated carbocycles. The van der Waals surface area contributed by atoms with E-state index in [4.69, 9.17) is 0 Å². The lowest BCUT2D eigenvalue weighted by atomic mass is 10.1. The van der Waals surface area contributed by atoms with Crippen molar-refractivity contribution in [1.29, 1.82) is 0 Å². The average molecular weight is 329 g/mol. The molecule has 3 nitrogen and oxygen atoms in total. The molecule has 0 spiro atoms. The summed E-state index contributed by atoms with van der Waals surface area (Å²) in [7, 11) is -3.61. The Hall–Kier alpha value is -2.24. The Morgan fingerprint density at radius 3 is 2.30 bits per heavy atom. The number of rotatable bonds is 5. The van der Waals surface area contributed by atoms with Gasteiger partial charge in [0.25, 0.3) is 0 Å². The smallest absolute Gasteiger partial charge is 0.212 e. The van der Waals surface area contributed by atoms with Crippen molar-refractivity contribution in [2.45, 2.75) is 12.3 Å². The van der Waals surface area contributed by atoms with Crippen molar-refractivity contribution in [3.63, 3.8) is 0 Å². The van der Waals surface area contributed by atoms with E-state index < -0.39 is 15.8 Å². The molecule has 0 heterocycles. The predicted octanol–water partition coefficient (Wildman–Crippen LogP) is 3.60. The summed E-state index contributed by atoms with van der Waals surface area (Å²) >= 11 is 0. The van der Waals surface area contributed by atoms with Crippen molar-refractivity contribution in [1.82, 2.24) is 4.72 Å². The van der Waals surface area contributed by atoms with Crippen LogP contribution in [0.4, 0.5) is 4.39 Å². The summed E-state index contributed by atoms with van der Waals surface area (Å²) in [5, 5.41) is 2.06. The molecule has 0 aliphatic rings. The summed E-state index contributed by atoms with van der Waals surface area (Å²) in [4.78, 5) is 0. The maximum Gasteiger partial charge on any atom is 0.216 e. The molecule has 0 aliphatic heterocycles. The Bertz CT molecular complexity index is 933. The number of nitrogens with one attached hydrogen (secondary N) is 1. The van der Waals surface area contributed by atoms with Crippen molar-refractivity contribution in [3.8, 4) is 0 Å². The van der Waals surface area contributed by atoms with Gasteiger partial charge in [-0.15, -0.1) is 0 Å². The SMILES string of the molecule is O=S(=O)(Cc1ccccc1F)NCc1cccc2ccccc12. The first-order valence-electron chi connectivity index (χ1n) is 7.22. The van der Waals surface area contributed by atoms with Crippen molar-refractivity contribution < 1.29 is 12.8 Å². The molecule has 0 aliphatic carbocycles. The van der Waals surface area contributed by atoms with Gasteiger partial charge in [-0.25, -0.2) is 17.5 Å². The van der Waals surface area contributed by atoms with Crippen LogP contribution in [0, 0.1) is 5.82 Å². The molecule has 0 bridgehead atoms. The van der Waals surface area contributed by atoms with E-state index in [1.165, 1.54) is 18.2 Å². The van der Waals surface area contributed by atoms with Crippen molar-refractivity contribution >= 4 is 20.8 Å². The van der Waals surface area contributed by atoms with Gasteiger partial charge in [0.1, 0.15) is 5.82 Å². The zero-order valence-electron chi connectivity index (χ0n) is 12.4. The summed E-state index contributed by atoms with van der Waals surface area (Å²) in [5.41, 5.74) is 1.05. The fraction of sp³-hybridized carbons (Fsp3) is 0.111. The largest absolute Gasteiger partial charge is 0.216 e. The van der Waals surface area contributed by atoms with Gasteiger partial charge in [-0.1, -0.05) is 60.7 Å². The van der Waals surface area contributed by atoms with Crippen LogP contribution in [0.15, 0.2) is 66.7 Å². The minimum absolute atomic E-state index is 0.165. The first kappa shape index (κ1) is 15.6. The maximum atomic E-state index is 13.6. The third-order valence-electron chi connectivity index (χ3n) is 3.67. The van der Waals surface area contributed by atoms with Crippen LogP contribution in [-0.2, 0) is 22.3 Å². The molecule has 1 N–H and O–H groups in total. The molecule has 3 aromatic carbocycles. The molecule has 23 heavy (non-hydrogen) atoms. The molecule has 118 valence electrons. The third kappa shape index (κ3) is 3.75. The van der Waals surface area contributed by atoms with Gasteiger partial charge < -0.3 is 0 Å². The summed E-state index contributed by atoms with van der Waals surface area (Å²) < 4.78 is 40.5. The zero-order valence-corrected chi connectivity index (χ0v) is 13.2. The van der Waals surface area contributed by atoms with E-state index >= 15 is 0 Å². The monoisotopic (exact) mass is 329 g/mol. The quantitative estimate of drug-likeness (QED) is 0.777. The zero-order chi connectivity index (χ0) is 16.3. The lowest BCUT2D eigenvalue weighted by Gasteiger charge is -2.10. The van der Waals surface area contributed by atoms with Gasteiger partial charge in [-0.3, -0.25) is 0 Å². The highest BCUT2D eigenvalue weighted by atomic mass is 32.2. The van der Waals surface area contributed by atoms with Gasteiger partial charge in [0.15, 0.2) is 0 Å². The lowest BCUT2D eigenvalue weighted by Crippen LogP contribution is -2.25. The van der Waals surface area contributed by atoms with Crippen molar-refractivity contribution in [3.05, 3.63) is 83.7 Å². The minimum Gasteiger partial charge on any atom is -0.212 e. The number of hydrogen-bond acceptors (Lipinski definition) is 2. The van der Waals surface area contributed by atoms with Crippen molar-refractivity contribution in [2.24, 2.45) is 0 Å². The van der Waals surface area contributed by atoms with Gasteiger partial charge >= 0.3 is 0 Å². The van der Waals surface area contributed by atoms with Crippen LogP contribution < -0.4 is 4.72 Å². The number of sulfonamides is 1. The third-order valence-corrected chi connectivity index (χ3v) is 4.94. The number of benzene rings is 3. The Morgan fingerprint density at radius 2 is 1.48 bits per heavy atom. The van der Waals surface area contributed by atoms with E-state index in [1.54, 1.807) is 6.07 Å². The first-order chi connectivity index (χ1) is 11.1. The van der Waals surface area contributed by atoms with Crippen LogP contribution in [0.25, 0.3) is 10.8 Å². The fourth-order valence-electron chi connectivity index (χ4n) is 2.51. The standard InChI is InChI=1S/C18H16FNO2S/c19-18-11-4-2-7-16(18)13-23(21,22)20-12-15-9-5-8-14-6-1-3-10-17(14)15/h1-11,20H,12-13H2. The van der Waals surface area contributed by atoms with Crippen LogP contribution in [0.1, 0.15) is 11.1 Å². The molecule has 0 aromatic heterocycles. The summed E-state index contributed by atoms with van der Waals surface area (Å²) in [6.07, 6.45) is 0. The van der Waals surface area contributed by atoms with Crippen LogP contribution in [0.2, 0.25) is 0 Å². The van der Waals surface area contributed by atoms with Crippen molar-refractivity contribution in [2.75, 3.05) is 0 Å². The maximum absolute atomic E-state index is 13.6. The number of halogens is 1. The lowest BCUT2D eigenvalue weighted by molar-refractivity contribution is 0.574. The summed E-state index contributed by atoms with van der Waals surface area (Å²) in [6.45, 7) is 0.179. The van der Waals surface area contributed by atoms with E-state index in [-0.39, 0.29) is 17.9 Å². The highest BCUT2D eigenvalue weighted by Gasteiger charge is 2.14. The molecule has 0 fully saturated rings. The van der Waals surface area contributed by atoms with Crippen LogP contribution in [0.5, 0.6) is 0 Å². The van der Waals surface area contributed by atoms with E-state index in [0.717, 1.165) is 16.3 Å². The molecule has 3 aromatic rings. The Labute approximate surface area is 134 Å². The average Bonchev–Trinajstić information content (AvgIpc) is 2.55. The molecule has 0 unspecified atom stereocenters. The second kappa shape index (κ2) is 6.48. The van der Waals surface area contributed by atoms with Gasteiger partial charge in [-0.05, 0) is 22.4 Å². The van der Waals surface area contributed by atoms with Gasteiger partial charge in [0.2, 0.25) is 10.0 Å². The van der Waals surface area contributed by atoms with Crippen LogP contribution in [-0.4, -0.2) is 8.42 Å². The highest BCUT2D eigenvalue weighted by Crippen LogP contribution is 2.19. The fourth-order valence-corrected chi connectivity index (χ4v) is 3.63. The first-order valence-corrected chi connectivity index (χ1v) is 8.88. The topological polar surface area (TPSA) is 46.2 Å². The molecule has 3 rings (SSSR count). The number of fused-ring (bicyclic) bond motifs is 1. The van der Waals surface area contributed by atoms with E-state index in [9.17, 15) is 12.8 Å². The normalized spacial score (nSPS) is 11.7. The van der Waals surface area contributed by atoms with Crippen LogP contribution >= 0.6 is 0 Å². The molecular formula is C18H16FNO2S. The van der Waals surface area contributed by atoms with Gasteiger partial charge in [-0.2, -0.15) is 0 Å². The summed E-state index contributed by atoms with van der Waals surface area (Å²) in [6, 6.07) is 19.4. The second-order valence-corrected chi connectivity index (χ2v) is 7.12. The number of hydrogen-bond donors (Lipinski definition) is 1. The molecular weight excluding hydrogens is 313 g/mol. The predicted molar refractivity (Wildman–Crippen MR) is 89.8 cm³/mol. The van der Waals surface area contributed by atoms with Crippen LogP contribution in [0.3, 0.4) is 0 Å². The Morgan fingerprint density at radius 1 is 0.826 bits per heavy atom. The van der Waals surface area contributed by atoms with E-state index in [1.807, 2.05) is 42.5 Å². The Kier molecular flexibility index (Phi) is 4.41. The molecule has 5 heteroatoms.